The molecular formula is C17H16N2O3. The maximum absolute atomic E-state index is 11.9. The molecule has 2 heterocycles. The zero-order valence-electron chi connectivity index (χ0n) is 12.5. The number of imidazole rings is 1. The first-order chi connectivity index (χ1) is 10.7. The molecule has 5 nitrogen and oxygen atoms in total. The Labute approximate surface area is 127 Å². The highest BCUT2D eigenvalue weighted by atomic mass is 16.5. The number of fused-ring (bicyclic) bond motifs is 3. The normalized spacial score (nSPS) is 11.0. The molecule has 3 rings (SSSR count). The van der Waals surface area contributed by atoms with E-state index >= 15 is 0 Å². The van der Waals surface area contributed by atoms with Gasteiger partial charge in [-0.3, -0.25) is 4.40 Å². The molecule has 0 N–H and O–H groups in total. The molecule has 0 radical (unpaired) electrons. The number of rotatable bonds is 4. The lowest BCUT2D eigenvalue weighted by Crippen LogP contribution is -2.05. The van der Waals surface area contributed by atoms with Gasteiger partial charge in [0, 0.05) is 11.8 Å². The van der Waals surface area contributed by atoms with Gasteiger partial charge in [0.25, 0.3) is 0 Å². The fraction of sp³-hybridized carbons (Fsp3) is 0.235. The van der Waals surface area contributed by atoms with Crippen molar-refractivity contribution in [3.05, 3.63) is 47.4 Å². The van der Waals surface area contributed by atoms with Gasteiger partial charge in [0.15, 0.2) is 5.69 Å². The Morgan fingerprint density at radius 2 is 2.05 bits per heavy atom. The van der Waals surface area contributed by atoms with Crippen molar-refractivity contribution in [3.8, 4) is 0 Å². The second-order valence-electron chi connectivity index (χ2n) is 5.07. The van der Waals surface area contributed by atoms with E-state index in [0.29, 0.717) is 24.2 Å². The van der Waals surface area contributed by atoms with Gasteiger partial charge in [0.1, 0.15) is 12.6 Å². The molecule has 2 aromatic heterocycles. The van der Waals surface area contributed by atoms with Crippen LogP contribution in [0.4, 0.5) is 0 Å². The van der Waals surface area contributed by atoms with Crippen molar-refractivity contribution in [1.82, 2.24) is 9.38 Å². The Balaban J connectivity index is 2.27. The molecule has 0 fully saturated rings. The van der Waals surface area contributed by atoms with Crippen LogP contribution in [0.2, 0.25) is 0 Å². The van der Waals surface area contributed by atoms with Gasteiger partial charge >= 0.3 is 5.97 Å². The van der Waals surface area contributed by atoms with Gasteiger partial charge in [-0.15, -0.1) is 0 Å². The highest BCUT2D eigenvalue weighted by molar-refractivity contribution is 5.98. The van der Waals surface area contributed by atoms with Crippen molar-refractivity contribution in [2.24, 2.45) is 0 Å². The fourth-order valence-electron chi connectivity index (χ4n) is 2.74. The van der Waals surface area contributed by atoms with Crippen LogP contribution in [0, 0.1) is 6.92 Å². The molecule has 0 aliphatic rings. The number of ether oxygens (including phenoxy) is 1. The lowest BCUT2D eigenvalue weighted by Gasteiger charge is -2.10. The number of benzene rings is 1. The highest BCUT2D eigenvalue weighted by Gasteiger charge is 2.16. The molecule has 0 amide bonds. The highest BCUT2D eigenvalue weighted by Crippen LogP contribution is 2.25. The average Bonchev–Trinajstić information content (AvgIpc) is 2.94. The van der Waals surface area contributed by atoms with Crippen molar-refractivity contribution in [1.29, 1.82) is 0 Å². The number of hydrogen-bond donors (Lipinski definition) is 0. The maximum Gasteiger partial charge on any atom is 0.359 e. The van der Waals surface area contributed by atoms with Crippen molar-refractivity contribution < 1.29 is 14.3 Å². The van der Waals surface area contributed by atoms with Crippen LogP contribution in [0.25, 0.3) is 16.4 Å². The van der Waals surface area contributed by atoms with Crippen LogP contribution in [0.15, 0.2) is 30.6 Å². The summed E-state index contributed by atoms with van der Waals surface area (Å²) in [7, 11) is 0. The molecule has 0 bridgehead atoms. The van der Waals surface area contributed by atoms with E-state index in [9.17, 15) is 9.59 Å². The molecule has 0 aliphatic carbocycles. The van der Waals surface area contributed by atoms with Crippen LogP contribution in [0.5, 0.6) is 0 Å². The number of carbonyl (C=O) groups excluding carboxylic acids is 2. The summed E-state index contributed by atoms with van der Waals surface area (Å²) >= 11 is 0. The molecule has 0 spiro atoms. The third kappa shape index (κ3) is 2.15. The number of nitrogens with zero attached hydrogens (tertiary/aromatic N) is 2. The van der Waals surface area contributed by atoms with Crippen molar-refractivity contribution in [3.63, 3.8) is 0 Å². The Hall–Kier alpha value is -2.69. The molecule has 3 aromatic rings. The summed E-state index contributed by atoms with van der Waals surface area (Å²) < 4.78 is 6.88. The van der Waals surface area contributed by atoms with Gasteiger partial charge in [0.05, 0.1) is 17.6 Å². The van der Waals surface area contributed by atoms with E-state index < -0.39 is 5.97 Å². The molecule has 22 heavy (non-hydrogen) atoms. The SMILES string of the molecule is CCOC(=O)c1ncn2c1ccc1c(CC=O)c(C)ccc12. The maximum atomic E-state index is 11.9. The predicted octanol–water partition coefficient (Wildman–Crippen LogP) is 2.71. The van der Waals surface area contributed by atoms with E-state index in [1.807, 2.05) is 35.6 Å². The second kappa shape index (κ2) is 5.60. The van der Waals surface area contributed by atoms with E-state index in [1.165, 1.54) is 0 Å². The van der Waals surface area contributed by atoms with Gasteiger partial charge in [-0.05, 0) is 37.1 Å². The number of aldehydes is 1. The van der Waals surface area contributed by atoms with Crippen molar-refractivity contribution in [2.45, 2.75) is 20.3 Å². The lowest BCUT2D eigenvalue weighted by atomic mass is 10.00. The van der Waals surface area contributed by atoms with Crippen molar-refractivity contribution >= 4 is 28.7 Å². The quantitative estimate of drug-likeness (QED) is 0.548. The van der Waals surface area contributed by atoms with E-state index in [1.54, 1.807) is 13.3 Å². The first kappa shape index (κ1) is 14.3. The Kier molecular flexibility index (Phi) is 3.63. The number of hydrogen-bond acceptors (Lipinski definition) is 4. The fourth-order valence-corrected chi connectivity index (χ4v) is 2.74. The molecule has 0 saturated heterocycles. The van der Waals surface area contributed by atoms with E-state index in [4.69, 9.17) is 4.74 Å². The van der Waals surface area contributed by atoms with Crippen LogP contribution in [0.3, 0.4) is 0 Å². The van der Waals surface area contributed by atoms with Gasteiger partial charge < -0.3 is 9.53 Å². The number of carbonyl (C=O) groups is 2. The summed E-state index contributed by atoms with van der Waals surface area (Å²) in [6, 6.07) is 7.73. The van der Waals surface area contributed by atoms with Crippen LogP contribution in [0.1, 0.15) is 28.5 Å². The van der Waals surface area contributed by atoms with Gasteiger partial charge in [-0.2, -0.15) is 0 Å². The van der Waals surface area contributed by atoms with Gasteiger partial charge in [-0.25, -0.2) is 9.78 Å². The minimum absolute atomic E-state index is 0.307. The standard InChI is InChI=1S/C17H16N2O3/c1-3-22-17(21)16-15-7-5-13-12(8-9-20)11(2)4-6-14(13)19(15)10-18-16/h4-7,9-10H,3,8H2,1-2H3. The third-order valence-corrected chi connectivity index (χ3v) is 3.80. The molecule has 112 valence electrons. The second-order valence-corrected chi connectivity index (χ2v) is 5.07. The van der Waals surface area contributed by atoms with Gasteiger partial charge in [-0.1, -0.05) is 12.1 Å². The summed E-state index contributed by atoms with van der Waals surface area (Å²) in [4.78, 5) is 27.0. The van der Waals surface area contributed by atoms with Crippen LogP contribution >= 0.6 is 0 Å². The van der Waals surface area contributed by atoms with Crippen LogP contribution in [-0.2, 0) is 16.0 Å². The zero-order chi connectivity index (χ0) is 15.7. The summed E-state index contributed by atoms with van der Waals surface area (Å²) in [5.74, 6) is -0.426. The van der Waals surface area contributed by atoms with E-state index in [2.05, 4.69) is 4.98 Å². The minimum Gasteiger partial charge on any atom is -0.461 e. The molecule has 0 saturated carbocycles. The molecule has 0 atom stereocenters. The van der Waals surface area contributed by atoms with Gasteiger partial charge in [0.2, 0.25) is 0 Å². The topological polar surface area (TPSA) is 60.7 Å². The summed E-state index contributed by atoms with van der Waals surface area (Å²) in [6.07, 6.45) is 2.89. The summed E-state index contributed by atoms with van der Waals surface area (Å²) in [5.41, 5.74) is 4.00. The van der Waals surface area contributed by atoms with Crippen molar-refractivity contribution in [2.75, 3.05) is 6.61 Å². The smallest absolute Gasteiger partial charge is 0.359 e. The van der Waals surface area contributed by atoms with E-state index in [0.717, 1.165) is 28.3 Å². The molecular weight excluding hydrogens is 280 g/mol. The summed E-state index contributed by atoms with van der Waals surface area (Å²) in [5, 5.41) is 0.993. The van der Waals surface area contributed by atoms with Crippen LogP contribution < -0.4 is 0 Å². The lowest BCUT2D eigenvalue weighted by molar-refractivity contribution is -0.107. The largest absolute Gasteiger partial charge is 0.461 e. The molecule has 0 aliphatic heterocycles. The third-order valence-electron chi connectivity index (χ3n) is 3.80. The average molecular weight is 296 g/mol. The first-order valence-electron chi connectivity index (χ1n) is 7.16. The first-order valence-corrected chi connectivity index (χ1v) is 7.16. The molecule has 0 unspecified atom stereocenters. The number of aryl methyl sites for hydroxylation is 1. The monoisotopic (exact) mass is 296 g/mol. The van der Waals surface area contributed by atoms with E-state index in [-0.39, 0.29) is 0 Å². The number of aromatic nitrogens is 2. The Morgan fingerprint density at radius 1 is 1.27 bits per heavy atom. The Morgan fingerprint density at radius 3 is 2.77 bits per heavy atom. The number of pyridine rings is 1. The van der Waals surface area contributed by atoms with Crippen LogP contribution in [-0.4, -0.2) is 28.2 Å². The molecule has 5 heteroatoms. The molecule has 1 aromatic carbocycles. The minimum atomic E-state index is -0.426. The number of esters is 1. The zero-order valence-corrected chi connectivity index (χ0v) is 12.5. The Bertz CT molecular complexity index is 880. The summed E-state index contributed by atoms with van der Waals surface area (Å²) in [6.45, 7) is 4.06. The predicted molar refractivity (Wildman–Crippen MR) is 83.2 cm³/mol.